The number of guanidine groups is 1. The van der Waals surface area contributed by atoms with Crippen LogP contribution >= 0.6 is 24.0 Å². The van der Waals surface area contributed by atoms with Crippen LogP contribution in [0.3, 0.4) is 0 Å². The number of aryl methyl sites for hydroxylation is 1. The highest BCUT2D eigenvalue weighted by atomic mass is 127. The van der Waals surface area contributed by atoms with Gasteiger partial charge in [-0.3, -0.25) is 24.2 Å². The van der Waals surface area contributed by atoms with E-state index in [0.717, 1.165) is 31.0 Å². The molecular formula is C23H33IN6O2. The number of benzene rings is 1. The zero-order valence-electron chi connectivity index (χ0n) is 19.5. The Balaban J connectivity index is 0.00000363. The van der Waals surface area contributed by atoms with E-state index in [1.165, 1.54) is 10.5 Å². The van der Waals surface area contributed by atoms with Crippen LogP contribution in [0.4, 0.5) is 0 Å². The van der Waals surface area contributed by atoms with E-state index in [0.29, 0.717) is 30.1 Å². The smallest absolute Gasteiger partial charge is 0.261 e. The number of unbranched alkanes of at least 4 members (excludes halogenated alkanes) is 1. The van der Waals surface area contributed by atoms with Crippen LogP contribution in [-0.2, 0) is 13.6 Å². The summed E-state index contributed by atoms with van der Waals surface area (Å²) in [6.07, 6.45) is 3.62. The van der Waals surface area contributed by atoms with E-state index >= 15 is 0 Å². The Bertz CT molecular complexity index is 950. The van der Waals surface area contributed by atoms with Crippen molar-refractivity contribution in [3.05, 3.63) is 52.8 Å². The van der Waals surface area contributed by atoms with Gasteiger partial charge in [-0.05, 0) is 30.9 Å². The third-order valence-corrected chi connectivity index (χ3v) is 5.43. The first-order chi connectivity index (χ1) is 14.8. The molecule has 1 aromatic heterocycles. The number of carbonyl (C=O) groups excluding carboxylic acids is 2. The predicted octanol–water partition coefficient (Wildman–Crippen LogP) is 3.25. The molecule has 0 radical (unpaired) electrons. The summed E-state index contributed by atoms with van der Waals surface area (Å²) >= 11 is 0. The van der Waals surface area contributed by atoms with Gasteiger partial charge in [0.25, 0.3) is 11.8 Å². The minimum Gasteiger partial charge on any atom is -0.356 e. The number of rotatable bonds is 8. The minimum atomic E-state index is -0.193. The molecule has 0 atom stereocenters. The lowest BCUT2D eigenvalue weighted by atomic mass is 10.1. The van der Waals surface area contributed by atoms with E-state index in [-0.39, 0.29) is 35.8 Å². The van der Waals surface area contributed by atoms with Gasteiger partial charge >= 0.3 is 0 Å². The molecule has 9 heteroatoms. The molecular weight excluding hydrogens is 519 g/mol. The van der Waals surface area contributed by atoms with Gasteiger partial charge in [-0.2, -0.15) is 5.10 Å². The van der Waals surface area contributed by atoms with Gasteiger partial charge in [0.2, 0.25) is 0 Å². The Kier molecular flexibility index (Phi) is 9.23. The van der Waals surface area contributed by atoms with Gasteiger partial charge in [-0.25, -0.2) is 0 Å². The van der Waals surface area contributed by atoms with Crippen molar-refractivity contribution in [2.75, 3.05) is 27.2 Å². The van der Waals surface area contributed by atoms with Crippen molar-refractivity contribution >= 4 is 41.8 Å². The van der Waals surface area contributed by atoms with Gasteiger partial charge in [0.05, 0.1) is 16.8 Å². The molecule has 2 amide bonds. The second-order valence-corrected chi connectivity index (χ2v) is 8.21. The number of nitrogens with one attached hydrogen (secondary N) is 1. The number of hydrogen-bond acceptors (Lipinski definition) is 4. The number of carbonyl (C=O) groups is 2. The van der Waals surface area contributed by atoms with Crippen LogP contribution in [0.5, 0.6) is 0 Å². The van der Waals surface area contributed by atoms with Crippen molar-refractivity contribution < 1.29 is 9.59 Å². The fourth-order valence-corrected chi connectivity index (χ4v) is 3.92. The second kappa shape index (κ2) is 11.4. The molecule has 174 valence electrons. The average molecular weight is 552 g/mol. The topological polar surface area (TPSA) is 82.8 Å². The molecule has 1 aromatic carbocycles. The van der Waals surface area contributed by atoms with Crippen molar-refractivity contribution in [1.82, 2.24) is 24.9 Å². The third-order valence-electron chi connectivity index (χ3n) is 5.43. The number of hydrogen-bond donors (Lipinski definition) is 1. The summed E-state index contributed by atoms with van der Waals surface area (Å²) in [5, 5.41) is 7.94. The highest BCUT2D eigenvalue weighted by Gasteiger charge is 2.34. The first-order valence-electron chi connectivity index (χ1n) is 10.7. The van der Waals surface area contributed by atoms with Crippen molar-refractivity contribution in [2.45, 2.75) is 39.2 Å². The van der Waals surface area contributed by atoms with Crippen molar-refractivity contribution in [1.29, 1.82) is 0 Å². The molecule has 1 aliphatic heterocycles. The van der Waals surface area contributed by atoms with E-state index in [9.17, 15) is 9.59 Å². The van der Waals surface area contributed by atoms with Crippen LogP contribution in [0, 0.1) is 0 Å². The summed E-state index contributed by atoms with van der Waals surface area (Å²) in [5.74, 6) is 0.782. The van der Waals surface area contributed by atoms with Gasteiger partial charge < -0.3 is 10.2 Å². The van der Waals surface area contributed by atoms with E-state index in [1.807, 2.05) is 18.8 Å². The predicted molar refractivity (Wildman–Crippen MR) is 137 cm³/mol. The maximum absolute atomic E-state index is 12.4. The highest BCUT2D eigenvalue weighted by Crippen LogP contribution is 2.22. The zero-order valence-corrected chi connectivity index (χ0v) is 21.8. The highest BCUT2D eigenvalue weighted by molar-refractivity contribution is 14.0. The lowest BCUT2D eigenvalue weighted by Crippen LogP contribution is -2.39. The molecule has 1 aliphatic rings. The fourth-order valence-electron chi connectivity index (χ4n) is 3.92. The number of imide groups is 1. The Hall–Kier alpha value is -2.43. The average Bonchev–Trinajstić information content (AvgIpc) is 3.23. The molecule has 8 nitrogen and oxygen atoms in total. The fraction of sp³-hybridized carbons (Fsp3) is 0.478. The first-order valence-corrected chi connectivity index (χ1v) is 10.7. The quantitative estimate of drug-likeness (QED) is 0.179. The zero-order chi connectivity index (χ0) is 22.5. The standard InChI is InChI=1S/C23H32N6O2.HI/c1-16(2)20-17(15-28(5)26-20)14-27(4)23(24-3)25-12-8-9-13-29-21(30)18-10-6-7-11-19(18)22(29)31;/h6-7,10-11,15-16H,8-9,12-14H2,1-5H3,(H,24,25);1H. The van der Waals surface area contributed by atoms with Crippen LogP contribution in [-0.4, -0.2) is 64.5 Å². The van der Waals surface area contributed by atoms with Crippen LogP contribution in [0.15, 0.2) is 35.5 Å². The molecule has 3 rings (SSSR count). The number of halogens is 1. The number of fused-ring (bicyclic) bond motifs is 1. The molecule has 0 fully saturated rings. The Morgan fingerprint density at radius 3 is 2.34 bits per heavy atom. The summed E-state index contributed by atoms with van der Waals surface area (Å²) in [6, 6.07) is 7.00. The van der Waals surface area contributed by atoms with E-state index in [1.54, 1.807) is 31.3 Å². The van der Waals surface area contributed by atoms with Crippen molar-refractivity contribution in [3.63, 3.8) is 0 Å². The normalized spacial score (nSPS) is 13.4. The minimum absolute atomic E-state index is 0. The molecule has 0 saturated heterocycles. The second-order valence-electron chi connectivity index (χ2n) is 8.21. The van der Waals surface area contributed by atoms with Crippen molar-refractivity contribution in [3.8, 4) is 0 Å². The van der Waals surface area contributed by atoms with Crippen LogP contribution in [0.25, 0.3) is 0 Å². The Morgan fingerprint density at radius 1 is 1.16 bits per heavy atom. The molecule has 0 unspecified atom stereocenters. The summed E-state index contributed by atoms with van der Waals surface area (Å²) in [7, 11) is 5.71. The summed E-state index contributed by atoms with van der Waals surface area (Å²) < 4.78 is 1.86. The van der Waals surface area contributed by atoms with Gasteiger partial charge in [-0.15, -0.1) is 24.0 Å². The third kappa shape index (κ3) is 5.67. The Morgan fingerprint density at radius 2 is 1.78 bits per heavy atom. The molecule has 0 aliphatic carbocycles. The number of aliphatic imine (C=N–C) groups is 1. The summed E-state index contributed by atoms with van der Waals surface area (Å²) in [5.41, 5.74) is 3.30. The van der Waals surface area contributed by atoms with Crippen molar-refractivity contribution in [2.24, 2.45) is 12.0 Å². The molecule has 0 saturated carbocycles. The van der Waals surface area contributed by atoms with Gasteiger partial charge in [0.15, 0.2) is 5.96 Å². The number of nitrogens with zero attached hydrogens (tertiary/aromatic N) is 5. The molecule has 0 bridgehead atoms. The van der Waals surface area contributed by atoms with Crippen LogP contribution < -0.4 is 5.32 Å². The molecule has 32 heavy (non-hydrogen) atoms. The lowest BCUT2D eigenvalue weighted by molar-refractivity contribution is 0.0652. The van der Waals surface area contributed by atoms with E-state index in [4.69, 9.17) is 0 Å². The summed E-state index contributed by atoms with van der Waals surface area (Å²) in [6.45, 7) is 6.15. The number of amides is 2. The van der Waals surface area contributed by atoms with Gasteiger partial charge in [0.1, 0.15) is 0 Å². The molecule has 0 spiro atoms. The maximum atomic E-state index is 12.4. The monoisotopic (exact) mass is 552 g/mol. The molecule has 2 aromatic rings. The van der Waals surface area contributed by atoms with Gasteiger partial charge in [0, 0.05) is 52.5 Å². The number of aromatic nitrogens is 2. The summed E-state index contributed by atoms with van der Waals surface area (Å²) in [4.78, 5) is 32.6. The van der Waals surface area contributed by atoms with Gasteiger partial charge in [-0.1, -0.05) is 26.0 Å². The largest absolute Gasteiger partial charge is 0.356 e. The van der Waals surface area contributed by atoms with Crippen LogP contribution in [0.2, 0.25) is 0 Å². The first kappa shape index (κ1) is 25.8. The van der Waals surface area contributed by atoms with E-state index in [2.05, 4.69) is 40.4 Å². The van der Waals surface area contributed by atoms with E-state index < -0.39 is 0 Å². The SMILES string of the molecule is CN=C(NCCCCN1C(=O)c2ccccc2C1=O)N(C)Cc1cn(C)nc1C(C)C.I. The molecule has 2 heterocycles. The molecule has 1 N–H and O–H groups in total. The Labute approximate surface area is 207 Å². The maximum Gasteiger partial charge on any atom is 0.261 e. The van der Waals surface area contributed by atoms with Crippen LogP contribution in [0.1, 0.15) is 64.6 Å². The lowest BCUT2D eigenvalue weighted by Gasteiger charge is -2.22.